The molecule has 1 unspecified atom stereocenters. The highest BCUT2D eigenvalue weighted by Gasteiger charge is 2.20. The van der Waals surface area contributed by atoms with Gasteiger partial charge in [0.1, 0.15) is 0 Å². The molecule has 1 aliphatic heterocycles. The maximum atomic E-state index is 4.55. The van der Waals surface area contributed by atoms with E-state index in [2.05, 4.69) is 41.6 Å². The fourth-order valence-corrected chi connectivity index (χ4v) is 2.77. The molecule has 0 spiro atoms. The third-order valence-corrected chi connectivity index (χ3v) is 3.79. The smallest absolute Gasteiger partial charge is 0.0648 e. The molecule has 2 aromatic rings. The van der Waals surface area contributed by atoms with Crippen molar-refractivity contribution in [3.8, 4) is 5.69 Å². The molecule has 0 bridgehead atoms. The van der Waals surface area contributed by atoms with Gasteiger partial charge < -0.3 is 5.32 Å². The van der Waals surface area contributed by atoms with Gasteiger partial charge in [0.15, 0.2) is 0 Å². The lowest BCUT2D eigenvalue weighted by molar-refractivity contribution is 0.460. The minimum absolute atomic E-state index is 0.621. The van der Waals surface area contributed by atoms with Crippen LogP contribution in [0.15, 0.2) is 36.5 Å². The Morgan fingerprint density at radius 1 is 1.28 bits per heavy atom. The van der Waals surface area contributed by atoms with E-state index in [9.17, 15) is 0 Å². The second kappa shape index (κ2) is 4.94. The van der Waals surface area contributed by atoms with Gasteiger partial charge in [-0.3, -0.25) is 0 Å². The molecule has 0 aliphatic carbocycles. The van der Waals surface area contributed by atoms with Crippen molar-refractivity contribution >= 4 is 0 Å². The second-order valence-electron chi connectivity index (χ2n) is 4.98. The predicted octanol–water partition coefficient (Wildman–Crippen LogP) is 2.65. The van der Waals surface area contributed by atoms with Gasteiger partial charge in [-0.2, -0.15) is 5.10 Å². The summed E-state index contributed by atoms with van der Waals surface area (Å²) >= 11 is 0. The molecule has 1 saturated heterocycles. The zero-order valence-corrected chi connectivity index (χ0v) is 10.8. The van der Waals surface area contributed by atoms with E-state index in [0.29, 0.717) is 5.92 Å². The molecule has 1 N–H and O–H groups in total. The van der Waals surface area contributed by atoms with Gasteiger partial charge >= 0.3 is 0 Å². The summed E-state index contributed by atoms with van der Waals surface area (Å²) in [6.45, 7) is 4.41. The van der Waals surface area contributed by atoms with Crippen molar-refractivity contribution in [1.82, 2.24) is 15.1 Å². The topological polar surface area (TPSA) is 29.9 Å². The summed E-state index contributed by atoms with van der Waals surface area (Å²) < 4.78 is 2.05. The molecule has 1 aromatic carbocycles. The molecular formula is C15H19N3. The molecule has 2 heterocycles. The monoisotopic (exact) mass is 241 g/mol. The van der Waals surface area contributed by atoms with E-state index in [1.54, 1.807) is 0 Å². The van der Waals surface area contributed by atoms with Crippen molar-refractivity contribution in [3.63, 3.8) is 0 Å². The molecule has 1 aliphatic rings. The molecule has 0 amide bonds. The SMILES string of the molecule is Cc1c(C2CCCNC2)cnn1-c1ccccc1. The zero-order valence-electron chi connectivity index (χ0n) is 10.8. The van der Waals surface area contributed by atoms with Gasteiger partial charge in [-0.15, -0.1) is 0 Å². The maximum absolute atomic E-state index is 4.55. The molecule has 3 nitrogen and oxygen atoms in total. The molecule has 0 saturated carbocycles. The molecule has 0 radical (unpaired) electrons. The summed E-state index contributed by atoms with van der Waals surface area (Å²) in [7, 11) is 0. The first-order valence-electron chi connectivity index (χ1n) is 6.67. The first-order chi connectivity index (χ1) is 8.86. The van der Waals surface area contributed by atoms with Crippen molar-refractivity contribution in [2.24, 2.45) is 0 Å². The van der Waals surface area contributed by atoms with Crippen LogP contribution in [0.2, 0.25) is 0 Å². The Morgan fingerprint density at radius 3 is 2.83 bits per heavy atom. The highest BCUT2D eigenvalue weighted by atomic mass is 15.3. The zero-order chi connectivity index (χ0) is 12.4. The summed E-state index contributed by atoms with van der Waals surface area (Å²) in [6.07, 6.45) is 4.58. The van der Waals surface area contributed by atoms with Crippen LogP contribution in [0.25, 0.3) is 5.69 Å². The van der Waals surface area contributed by atoms with Crippen molar-refractivity contribution in [3.05, 3.63) is 47.8 Å². The Balaban J connectivity index is 1.92. The van der Waals surface area contributed by atoms with Crippen molar-refractivity contribution in [2.75, 3.05) is 13.1 Å². The lowest BCUT2D eigenvalue weighted by Crippen LogP contribution is -2.28. The van der Waals surface area contributed by atoms with Crippen LogP contribution in [-0.2, 0) is 0 Å². The lowest BCUT2D eigenvalue weighted by Gasteiger charge is -2.22. The van der Waals surface area contributed by atoms with E-state index < -0.39 is 0 Å². The molecule has 1 fully saturated rings. The molecule has 3 rings (SSSR count). The Labute approximate surface area is 108 Å². The van der Waals surface area contributed by atoms with Crippen LogP contribution in [0.3, 0.4) is 0 Å². The normalized spacial score (nSPS) is 19.9. The van der Waals surface area contributed by atoms with E-state index in [1.807, 2.05) is 16.9 Å². The molecule has 94 valence electrons. The van der Waals surface area contributed by atoms with Crippen LogP contribution < -0.4 is 5.32 Å². The third-order valence-electron chi connectivity index (χ3n) is 3.79. The maximum Gasteiger partial charge on any atom is 0.0648 e. The van der Waals surface area contributed by atoms with E-state index in [1.165, 1.54) is 24.1 Å². The third kappa shape index (κ3) is 2.06. The van der Waals surface area contributed by atoms with Gasteiger partial charge in [0.05, 0.1) is 11.9 Å². The Morgan fingerprint density at radius 2 is 2.11 bits per heavy atom. The van der Waals surface area contributed by atoms with Gasteiger partial charge in [-0.05, 0) is 49.9 Å². The number of hydrogen-bond acceptors (Lipinski definition) is 2. The van der Waals surface area contributed by atoms with Crippen molar-refractivity contribution in [1.29, 1.82) is 0 Å². The van der Waals surface area contributed by atoms with Crippen LogP contribution in [-0.4, -0.2) is 22.9 Å². The first kappa shape index (κ1) is 11.5. The number of hydrogen-bond donors (Lipinski definition) is 1. The fraction of sp³-hybridized carbons (Fsp3) is 0.400. The summed E-state index contributed by atoms with van der Waals surface area (Å²) in [5.74, 6) is 0.621. The molecular weight excluding hydrogens is 222 g/mol. The van der Waals surface area contributed by atoms with Crippen LogP contribution >= 0.6 is 0 Å². The fourth-order valence-electron chi connectivity index (χ4n) is 2.77. The van der Waals surface area contributed by atoms with Crippen LogP contribution in [0.5, 0.6) is 0 Å². The second-order valence-corrected chi connectivity index (χ2v) is 4.98. The molecule has 1 aromatic heterocycles. The highest BCUT2D eigenvalue weighted by molar-refractivity contribution is 5.35. The number of nitrogens with one attached hydrogen (secondary N) is 1. The Hall–Kier alpha value is -1.61. The number of piperidine rings is 1. The van der Waals surface area contributed by atoms with Crippen molar-refractivity contribution < 1.29 is 0 Å². The van der Waals surface area contributed by atoms with Gasteiger partial charge in [0.2, 0.25) is 0 Å². The summed E-state index contributed by atoms with van der Waals surface area (Å²) in [6, 6.07) is 10.3. The summed E-state index contributed by atoms with van der Waals surface area (Å²) in [4.78, 5) is 0. The quantitative estimate of drug-likeness (QED) is 0.876. The summed E-state index contributed by atoms with van der Waals surface area (Å²) in [5.41, 5.74) is 3.81. The first-order valence-corrected chi connectivity index (χ1v) is 6.67. The number of rotatable bonds is 2. The number of benzene rings is 1. The molecule has 3 heteroatoms. The largest absolute Gasteiger partial charge is 0.316 e. The van der Waals surface area contributed by atoms with E-state index in [4.69, 9.17) is 0 Å². The number of aromatic nitrogens is 2. The average Bonchev–Trinajstić information content (AvgIpc) is 2.83. The molecule has 18 heavy (non-hydrogen) atoms. The van der Waals surface area contributed by atoms with E-state index >= 15 is 0 Å². The summed E-state index contributed by atoms with van der Waals surface area (Å²) in [5, 5.41) is 8.02. The van der Waals surface area contributed by atoms with Crippen molar-refractivity contribution in [2.45, 2.75) is 25.7 Å². The standard InChI is InChI=1S/C15H19N3/c1-12-15(13-6-5-9-16-10-13)11-17-18(12)14-7-3-2-4-8-14/h2-4,7-8,11,13,16H,5-6,9-10H2,1H3. The average molecular weight is 241 g/mol. The highest BCUT2D eigenvalue weighted by Crippen LogP contribution is 2.26. The van der Waals surface area contributed by atoms with E-state index in [-0.39, 0.29) is 0 Å². The van der Waals surface area contributed by atoms with E-state index in [0.717, 1.165) is 18.8 Å². The number of para-hydroxylation sites is 1. The van der Waals surface area contributed by atoms with Gasteiger partial charge in [-0.1, -0.05) is 18.2 Å². The van der Waals surface area contributed by atoms with Gasteiger partial charge in [-0.25, -0.2) is 4.68 Å². The minimum atomic E-state index is 0.621. The molecule has 1 atom stereocenters. The minimum Gasteiger partial charge on any atom is -0.316 e. The van der Waals surface area contributed by atoms with Crippen LogP contribution in [0.1, 0.15) is 30.0 Å². The lowest BCUT2D eigenvalue weighted by atomic mass is 9.92. The van der Waals surface area contributed by atoms with Gasteiger partial charge in [0, 0.05) is 12.2 Å². The Kier molecular flexibility index (Phi) is 3.15. The van der Waals surface area contributed by atoms with Crippen LogP contribution in [0, 0.1) is 6.92 Å². The Bertz CT molecular complexity index is 510. The van der Waals surface area contributed by atoms with Gasteiger partial charge in [0.25, 0.3) is 0 Å². The predicted molar refractivity (Wildman–Crippen MR) is 73.1 cm³/mol. The van der Waals surface area contributed by atoms with Crippen LogP contribution in [0.4, 0.5) is 0 Å². The number of nitrogens with zero attached hydrogens (tertiary/aromatic N) is 2.